The Morgan fingerprint density at radius 3 is 2.47 bits per heavy atom. The maximum atomic E-state index is 11.9. The summed E-state index contributed by atoms with van der Waals surface area (Å²) in [6.07, 6.45) is 3.36. The fourth-order valence-electron chi connectivity index (χ4n) is 1.68. The molecular weight excluding hydrogens is 212 g/mol. The van der Waals surface area contributed by atoms with Crippen LogP contribution in [0.1, 0.15) is 43.5 Å². The summed E-state index contributed by atoms with van der Waals surface area (Å²) in [7, 11) is 1.86. The lowest BCUT2D eigenvalue weighted by Crippen LogP contribution is -2.32. The lowest BCUT2D eigenvalue weighted by Gasteiger charge is -2.13. The Morgan fingerprint density at radius 1 is 1.29 bits per heavy atom. The van der Waals surface area contributed by atoms with Crippen molar-refractivity contribution in [2.75, 3.05) is 12.4 Å². The van der Waals surface area contributed by atoms with Gasteiger partial charge in [-0.05, 0) is 37.6 Å². The average molecular weight is 234 g/mol. The Labute approximate surface area is 104 Å². The summed E-state index contributed by atoms with van der Waals surface area (Å²) in [4.78, 5) is 11.9. The van der Waals surface area contributed by atoms with Crippen LogP contribution in [0.25, 0.3) is 0 Å². The Kier molecular flexibility index (Phi) is 5.53. The first-order valence-electron chi connectivity index (χ1n) is 6.26. The Hall–Kier alpha value is -1.51. The molecule has 0 saturated heterocycles. The lowest BCUT2D eigenvalue weighted by atomic mass is 10.1. The third-order valence-electron chi connectivity index (χ3n) is 2.80. The summed E-state index contributed by atoms with van der Waals surface area (Å²) in [5, 5.41) is 6.04. The van der Waals surface area contributed by atoms with Gasteiger partial charge in [0, 0.05) is 24.3 Å². The number of hydrogen-bond acceptors (Lipinski definition) is 2. The lowest BCUT2D eigenvalue weighted by molar-refractivity contribution is 0.0938. The van der Waals surface area contributed by atoms with Gasteiger partial charge >= 0.3 is 0 Å². The second-order valence-corrected chi connectivity index (χ2v) is 4.34. The molecule has 0 radical (unpaired) electrons. The molecule has 0 aliphatic heterocycles. The number of amides is 1. The predicted molar refractivity (Wildman–Crippen MR) is 72.4 cm³/mol. The minimum atomic E-state index is 0.0104. The van der Waals surface area contributed by atoms with Gasteiger partial charge in [0.15, 0.2) is 0 Å². The van der Waals surface area contributed by atoms with E-state index in [1.165, 1.54) is 0 Å². The number of anilines is 1. The molecule has 1 amide bonds. The smallest absolute Gasteiger partial charge is 0.251 e. The molecular formula is C14H22N2O. The molecule has 0 aliphatic carbocycles. The van der Waals surface area contributed by atoms with Crippen LogP contribution in [0, 0.1) is 0 Å². The zero-order valence-electron chi connectivity index (χ0n) is 10.9. The van der Waals surface area contributed by atoms with Gasteiger partial charge in [-0.1, -0.05) is 19.8 Å². The van der Waals surface area contributed by atoms with Crippen molar-refractivity contribution in [3.63, 3.8) is 0 Å². The van der Waals surface area contributed by atoms with Gasteiger partial charge in [0.05, 0.1) is 0 Å². The number of carbonyl (C=O) groups excluding carboxylic acids is 1. The number of unbranched alkanes of at least 4 members (excludes halogenated alkanes) is 1. The molecule has 1 aromatic rings. The molecule has 2 N–H and O–H groups in total. The van der Waals surface area contributed by atoms with Crippen molar-refractivity contribution >= 4 is 11.6 Å². The van der Waals surface area contributed by atoms with E-state index in [1.54, 1.807) is 0 Å². The van der Waals surface area contributed by atoms with Crippen LogP contribution in [0.5, 0.6) is 0 Å². The first-order valence-corrected chi connectivity index (χ1v) is 6.26. The maximum Gasteiger partial charge on any atom is 0.251 e. The molecule has 1 aromatic carbocycles. The highest BCUT2D eigenvalue weighted by atomic mass is 16.1. The summed E-state index contributed by atoms with van der Waals surface area (Å²) in [6.45, 7) is 4.21. The predicted octanol–water partition coefficient (Wildman–Crippen LogP) is 3.04. The van der Waals surface area contributed by atoms with E-state index in [9.17, 15) is 4.79 Å². The quantitative estimate of drug-likeness (QED) is 0.794. The van der Waals surface area contributed by atoms with E-state index in [0.717, 1.165) is 24.9 Å². The van der Waals surface area contributed by atoms with Gasteiger partial charge in [-0.25, -0.2) is 0 Å². The van der Waals surface area contributed by atoms with Gasteiger partial charge in [0.25, 0.3) is 5.91 Å². The molecule has 17 heavy (non-hydrogen) atoms. The first kappa shape index (κ1) is 13.6. The maximum absolute atomic E-state index is 11.9. The second-order valence-electron chi connectivity index (χ2n) is 4.34. The highest BCUT2D eigenvalue weighted by molar-refractivity contribution is 5.94. The molecule has 0 spiro atoms. The Balaban J connectivity index is 2.51. The molecule has 1 atom stereocenters. The van der Waals surface area contributed by atoms with E-state index >= 15 is 0 Å². The fourth-order valence-corrected chi connectivity index (χ4v) is 1.68. The summed E-state index contributed by atoms with van der Waals surface area (Å²) < 4.78 is 0. The zero-order valence-corrected chi connectivity index (χ0v) is 10.9. The molecule has 3 nitrogen and oxygen atoms in total. The third-order valence-corrected chi connectivity index (χ3v) is 2.80. The Morgan fingerprint density at radius 2 is 1.94 bits per heavy atom. The monoisotopic (exact) mass is 234 g/mol. The topological polar surface area (TPSA) is 41.1 Å². The van der Waals surface area contributed by atoms with Crippen molar-refractivity contribution < 1.29 is 4.79 Å². The molecule has 0 aliphatic rings. The van der Waals surface area contributed by atoms with E-state index in [1.807, 2.05) is 31.3 Å². The van der Waals surface area contributed by atoms with Crippen molar-refractivity contribution in [3.8, 4) is 0 Å². The number of rotatable bonds is 6. The highest BCUT2D eigenvalue weighted by Crippen LogP contribution is 2.09. The molecule has 0 aromatic heterocycles. The van der Waals surface area contributed by atoms with Crippen LogP contribution < -0.4 is 10.6 Å². The van der Waals surface area contributed by atoms with Gasteiger partial charge in [0.2, 0.25) is 0 Å². The van der Waals surface area contributed by atoms with Crippen LogP contribution >= 0.6 is 0 Å². The third kappa shape index (κ3) is 4.47. The van der Waals surface area contributed by atoms with Crippen molar-refractivity contribution in [1.29, 1.82) is 0 Å². The Bertz CT molecular complexity index is 346. The van der Waals surface area contributed by atoms with Crippen molar-refractivity contribution in [2.24, 2.45) is 0 Å². The molecule has 94 valence electrons. The van der Waals surface area contributed by atoms with Crippen molar-refractivity contribution in [1.82, 2.24) is 5.32 Å². The van der Waals surface area contributed by atoms with Gasteiger partial charge in [-0.2, -0.15) is 0 Å². The summed E-state index contributed by atoms with van der Waals surface area (Å²) >= 11 is 0. The molecule has 1 unspecified atom stereocenters. The number of carbonyl (C=O) groups is 1. The fraction of sp³-hybridized carbons (Fsp3) is 0.500. The van der Waals surface area contributed by atoms with Gasteiger partial charge in [-0.3, -0.25) is 4.79 Å². The largest absolute Gasteiger partial charge is 0.388 e. The van der Waals surface area contributed by atoms with E-state index in [-0.39, 0.29) is 11.9 Å². The minimum absolute atomic E-state index is 0.0104. The number of nitrogens with one attached hydrogen (secondary N) is 2. The van der Waals surface area contributed by atoms with Crippen LogP contribution in [0.15, 0.2) is 24.3 Å². The zero-order chi connectivity index (χ0) is 12.7. The van der Waals surface area contributed by atoms with Crippen LogP contribution in [0.3, 0.4) is 0 Å². The molecule has 3 heteroatoms. The standard InChI is InChI=1S/C14H22N2O/c1-4-5-6-11(2)16-14(17)12-7-9-13(15-3)10-8-12/h7-11,15H,4-6H2,1-3H3,(H,16,17). The molecule has 0 heterocycles. The number of hydrogen-bond donors (Lipinski definition) is 2. The first-order chi connectivity index (χ1) is 8.17. The minimum Gasteiger partial charge on any atom is -0.388 e. The van der Waals surface area contributed by atoms with Crippen molar-refractivity contribution in [3.05, 3.63) is 29.8 Å². The van der Waals surface area contributed by atoms with E-state index in [2.05, 4.69) is 24.5 Å². The van der Waals surface area contributed by atoms with Crippen LogP contribution in [-0.2, 0) is 0 Å². The number of benzene rings is 1. The van der Waals surface area contributed by atoms with E-state index in [0.29, 0.717) is 5.56 Å². The van der Waals surface area contributed by atoms with Crippen molar-refractivity contribution in [2.45, 2.75) is 39.2 Å². The summed E-state index contributed by atoms with van der Waals surface area (Å²) in [5.41, 5.74) is 1.73. The van der Waals surface area contributed by atoms with Gasteiger partial charge < -0.3 is 10.6 Å². The average Bonchev–Trinajstić information content (AvgIpc) is 2.36. The molecule has 0 fully saturated rings. The molecule has 0 saturated carbocycles. The highest BCUT2D eigenvalue weighted by Gasteiger charge is 2.08. The van der Waals surface area contributed by atoms with Gasteiger partial charge in [-0.15, -0.1) is 0 Å². The van der Waals surface area contributed by atoms with E-state index in [4.69, 9.17) is 0 Å². The van der Waals surface area contributed by atoms with E-state index < -0.39 is 0 Å². The molecule has 1 rings (SSSR count). The normalized spacial score (nSPS) is 11.9. The van der Waals surface area contributed by atoms with Crippen LogP contribution in [0.2, 0.25) is 0 Å². The molecule has 0 bridgehead atoms. The van der Waals surface area contributed by atoms with Crippen LogP contribution in [0.4, 0.5) is 5.69 Å². The van der Waals surface area contributed by atoms with Crippen LogP contribution in [-0.4, -0.2) is 19.0 Å². The summed E-state index contributed by atoms with van der Waals surface area (Å²) in [5.74, 6) is 0.0104. The summed E-state index contributed by atoms with van der Waals surface area (Å²) in [6, 6.07) is 7.74. The van der Waals surface area contributed by atoms with Gasteiger partial charge in [0.1, 0.15) is 0 Å². The SMILES string of the molecule is CCCCC(C)NC(=O)c1ccc(NC)cc1. The second kappa shape index (κ2) is 6.94.